The minimum atomic E-state index is -4.51. The highest BCUT2D eigenvalue weighted by Crippen LogP contribution is 2.31. The van der Waals surface area contributed by atoms with Crippen LogP contribution in [-0.2, 0) is 30.4 Å². The van der Waals surface area contributed by atoms with Gasteiger partial charge in [0.15, 0.2) is 5.76 Å². The molecule has 2 heterocycles. The molecule has 1 amide bonds. The molecule has 0 bridgehead atoms. The molecule has 2 aromatic heterocycles. The Hall–Kier alpha value is -2.38. The average molecular weight is 313 g/mol. The van der Waals surface area contributed by atoms with Crippen LogP contribution in [0.5, 0.6) is 0 Å². The maximum atomic E-state index is 12.8. The minimum absolute atomic E-state index is 0.0768. The predicted molar refractivity (Wildman–Crippen MR) is 70.7 cm³/mol. The maximum Gasteiger partial charge on any atom is 0.416 e. The second-order valence-corrected chi connectivity index (χ2v) is 4.62. The Labute approximate surface area is 124 Å². The molecule has 0 unspecified atom stereocenters. The molecule has 5 nitrogen and oxygen atoms in total. The van der Waals surface area contributed by atoms with E-state index in [1.165, 1.54) is 0 Å². The van der Waals surface area contributed by atoms with Gasteiger partial charge >= 0.3 is 6.18 Å². The summed E-state index contributed by atoms with van der Waals surface area (Å²) < 4.78 is 43.4. The molecule has 0 aromatic carbocycles. The van der Waals surface area contributed by atoms with Gasteiger partial charge in [-0.15, -0.1) is 0 Å². The van der Waals surface area contributed by atoms with Crippen LogP contribution in [0.2, 0.25) is 0 Å². The Morgan fingerprint density at radius 1 is 1.41 bits per heavy atom. The number of halogens is 3. The second-order valence-electron chi connectivity index (χ2n) is 4.62. The molecule has 0 aliphatic rings. The lowest BCUT2D eigenvalue weighted by atomic mass is 10.1. The minimum Gasteiger partial charge on any atom is -0.359 e. The van der Waals surface area contributed by atoms with Gasteiger partial charge in [0.05, 0.1) is 24.2 Å². The number of amides is 1. The van der Waals surface area contributed by atoms with Gasteiger partial charge in [-0.1, -0.05) is 12.1 Å². The van der Waals surface area contributed by atoms with Crippen molar-refractivity contribution >= 4 is 5.91 Å². The third-order valence-electron chi connectivity index (χ3n) is 2.99. The lowest BCUT2D eigenvalue weighted by Gasteiger charge is -2.11. The van der Waals surface area contributed by atoms with Crippen LogP contribution in [0, 0.1) is 0 Å². The summed E-state index contributed by atoms with van der Waals surface area (Å²) >= 11 is 0. The first-order chi connectivity index (χ1) is 10.4. The van der Waals surface area contributed by atoms with Crippen molar-refractivity contribution in [2.45, 2.75) is 32.5 Å². The molecule has 0 aliphatic heterocycles. The lowest BCUT2D eigenvalue weighted by Crippen LogP contribution is -2.25. The van der Waals surface area contributed by atoms with E-state index in [1.807, 2.05) is 6.92 Å². The fourth-order valence-corrected chi connectivity index (χ4v) is 1.87. The summed E-state index contributed by atoms with van der Waals surface area (Å²) in [7, 11) is 0. The number of nitrogens with zero attached hydrogens (tertiary/aromatic N) is 2. The zero-order valence-corrected chi connectivity index (χ0v) is 11.8. The van der Waals surface area contributed by atoms with Crippen molar-refractivity contribution in [1.29, 1.82) is 0 Å². The number of aryl methyl sites for hydroxylation is 1. The summed E-state index contributed by atoms with van der Waals surface area (Å²) in [5, 5.41) is 6.25. The van der Waals surface area contributed by atoms with Crippen molar-refractivity contribution in [1.82, 2.24) is 15.5 Å². The molecule has 0 atom stereocenters. The zero-order valence-electron chi connectivity index (χ0n) is 11.8. The normalized spacial score (nSPS) is 11.5. The quantitative estimate of drug-likeness (QED) is 0.921. The Bertz CT molecular complexity index is 653. The van der Waals surface area contributed by atoms with Gasteiger partial charge in [-0.3, -0.25) is 9.78 Å². The number of nitrogens with one attached hydrogen (secondary N) is 1. The molecule has 22 heavy (non-hydrogen) atoms. The molecule has 2 aromatic rings. The van der Waals surface area contributed by atoms with Gasteiger partial charge in [0.2, 0.25) is 5.91 Å². The fraction of sp³-hybridized carbons (Fsp3) is 0.357. The maximum absolute atomic E-state index is 12.8. The molecule has 0 saturated heterocycles. The van der Waals surface area contributed by atoms with Crippen molar-refractivity contribution in [3.8, 4) is 0 Å². The fourth-order valence-electron chi connectivity index (χ4n) is 1.87. The lowest BCUT2D eigenvalue weighted by molar-refractivity contribution is -0.138. The van der Waals surface area contributed by atoms with E-state index in [1.54, 1.807) is 6.07 Å². The molecule has 0 saturated carbocycles. The topological polar surface area (TPSA) is 68.0 Å². The molecule has 0 spiro atoms. The smallest absolute Gasteiger partial charge is 0.359 e. The number of pyridine rings is 1. The Morgan fingerprint density at radius 2 is 2.18 bits per heavy atom. The van der Waals surface area contributed by atoms with Crippen LogP contribution in [0.4, 0.5) is 13.2 Å². The number of carbonyl (C=O) groups is 1. The number of hydrogen-bond donors (Lipinski definition) is 1. The van der Waals surface area contributed by atoms with E-state index in [9.17, 15) is 18.0 Å². The standard InChI is InChI=1S/C14H14F3N3O2/c1-2-10-6-11(22-20-10)8-19-13(21)5-9-7-18-4-3-12(9)14(15,16)17/h3-4,6-7H,2,5,8H2,1H3,(H,19,21). The van der Waals surface area contributed by atoms with Gasteiger partial charge in [-0.05, 0) is 18.1 Å². The van der Waals surface area contributed by atoms with E-state index in [0.29, 0.717) is 12.2 Å². The van der Waals surface area contributed by atoms with E-state index in [4.69, 9.17) is 4.52 Å². The van der Waals surface area contributed by atoms with Crippen LogP contribution >= 0.6 is 0 Å². The van der Waals surface area contributed by atoms with Gasteiger partial charge < -0.3 is 9.84 Å². The van der Waals surface area contributed by atoms with Gasteiger partial charge in [-0.25, -0.2) is 0 Å². The monoisotopic (exact) mass is 313 g/mol. The Kier molecular flexibility index (Phi) is 4.79. The number of rotatable bonds is 5. The second kappa shape index (κ2) is 6.59. The summed E-state index contributed by atoms with van der Waals surface area (Å²) in [4.78, 5) is 15.4. The van der Waals surface area contributed by atoms with E-state index in [-0.39, 0.29) is 12.1 Å². The predicted octanol–water partition coefficient (Wildman–Crippen LogP) is 2.51. The van der Waals surface area contributed by atoms with Crippen LogP contribution in [0.15, 0.2) is 29.0 Å². The third-order valence-corrected chi connectivity index (χ3v) is 2.99. The van der Waals surface area contributed by atoms with Crippen LogP contribution in [0.1, 0.15) is 29.5 Å². The van der Waals surface area contributed by atoms with Crippen LogP contribution in [-0.4, -0.2) is 16.0 Å². The van der Waals surface area contributed by atoms with Crippen molar-refractivity contribution in [3.63, 3.8) is 0 Å². The molecule has 8 heteroatoms. The van der Waals surface area contributed by atoms with Gasteiger partial charge in [0.25, 0.3) is 0 Å². The first kappa shape index (κ1) is 16.0. The van der Waals surface area contributed by atoms with Crippen molar-refractivity contribution in [2.75, 3.05) is 0 Å². The van der Waals surface area contributed by atoms with Crippen LogP contribution < -0.4 is 5.32 Å². The van der Waals surface area contributed by atoms with E-state index < -0.39 is 24.1 Å². The molecule has 1 N–H and O–H groups in total. The van der Waals surface area contributed by atoms with Crippen molar-refractivity contribution < 1.29 is 22.5 Å². The number of hydrogen-bond acceptors (Lipinski definition) is 4. The third kappa shape index (κ3) is 4.06. The molecule has 0 radical (unpaired) electrons. The number of alkyl halides is 3. The van der Waals surface area contributed by atoms with Gasteiger partial charge in [0, 0.05) is 18.5 Å². The van der Waals surface area contributed by atoms with Crippen LogP contribution in [0.3, 0.4) is 0 Å². The summed E-state index contributed by atoms with van der Waals surface area (Å²) in [5.74, 6) is -0.0969. The molecular weight excluding hydrogens is 299 g/mol. The van der Waals surface area contributed by atoms with E-state index >= 15 is 0 Å². The van der Waals surface area contributed by atoms with E-state index in [0.717, 1.165) is 24.2 Å². The Morgan fingerprint density at radius 3 is 2.82 bits per heavy atom. The first-order valence-corrected chi connectivity index (χ1v) is 6.61. The Balaban J connectivity index is 1.98. The molecule has 2 rings (SSSR count). The van der Waals surface area contributed by atoms with E-state index in [2.05, 4.69) is 15.5 Å². The van der Waals surface area contributed by atoms with Gasteiger partial charge in [0.1, 0.15) is 0 Å². The summed E-state index contributed by atoms with van der Waals surface area (Å²) in [5.41, 5.74) is -0.277. The summed E-state index contributed by atoms with van der Waals surface area (Å²) in [6.45, 7) is 1.98. The van der Waals surface area contributed by atoms with Crippen molar-refractivity contribution in [3.05, 3.63) is 47.1 Å². The average Bonchev–Trinajstić information content (AvgIpc) is 2.92. The summed E-state index contributed by atoms with van der Waals surface area (Å²) in [6.07, 6.45) is -2.13. The highest BCUT2D eigenvalue weighted by molar-refractivity contribution is 5.78. The number of aromatic nitrogens is 2. The first-order valence-electron chi connectivity index (χ1n) is 6.61. The highest BCUT2D eigenvalue weighted by Gasteiger charge is 2.33. The van der Waals surface area contributed by atoms with Crippen molar-refractivity contribution in [2.24, 2.45) is 0 Å². The molecule has 118 valence electrons. The van der Waals surface area contributed by atoms with Gasteiger partial charge in [-0.2, -0.15) is 13.2 Å². The SMILES string of the molecule is CCc1cc(CNC(=O)Cc2cnccc2C(F)(F)F)on1. The largest absolute Gasteiger partial charge is 0.416 e. The molecule has 0 aliphatic carbocycles. The van der Waals surface area contributed by atoms with Crippen LogP contribution in [0.25, 0.3) is 0 Å². The summed E-state index contributed by atoms with van der Waals surface area (Å²) in [6, 6.07) is 2.54. The molecule has 0 fully saturated rings. The highest BCUT2D eigenvalue weighted by atomic mass is 19.4. The zero-order chi connectivity index (χ0) is 16.2. The molecular formula is C14H14F3N3O2. The number of carbonyl (C=O) groups excluding carboxylic acids is 1.